The molecule has 0 fully saturated rings. The molecule has 2 heterocycles. The number of ketones is 1. The van der Waals surface area contributed by atoms with Gasteiger partial charge in [-0.25, -0.2) is 9.78 Å². The summed E-state index contributed by atoms with van der Waals surface area (Å²) < 4.78 is 11.8. The molecule has 0 radical (unpaired) electrons. The maximum absolute atomic E-state index is 12.0. The lowest BCUT2D eigenvalue weighted by atomic mass is 10.1. The van der Waals surface area contributed by atoms with Crippen LogP contribution in [-0.4, -0.2) is 34.9 Å². The van der Waals surface area contributed by atoms with E-state index >= 15 is 0 Å². The number of aromatic nitrogens is 2. The maximum Gasteiger partial charge on any atom is 0.359 e. The van der Waals surface area contributed by atoms with E-state index in [1.165, 1.54) is 0 Å². The Morgan fingerprint density at radius 1 is 1.13 bits per heavy atom. The normalized spacial score (nSPS) is 10.5. The third kappa shape index (κ3) is 3.21. The number of Topliss-reactive ketones (excluding diaryl/α,β-unsaturated/α-hetero) is 1. The Morgan fingerprint density at radius 2 is 1.91 bits per heavy atom. The van der Waals surface area contributed by atoms with Crippen LogP contribution in [-0.2, 0) is 4.74 Å². The van der Waals surface area contributed by atoms with Crippen LogP contribution in [0.25, 0.3) is 5.65 Å². The zero-order valence-corrected chi connectivity index (χ0v) is 12.4. The third-order valence-electron chi connectivity index (χ3n) is 3.32. The molecule has 0 atom stereocenters. The molecule has 0 saturated heterocycles. The van der Waals surface area contributed by atoms with E-state index in [4.69, 9.17) is 9.47 Å². The van der Waals surface area contributed by atoms with Crippen molar-refractivity contribution in [3.8, 4) is 5.75 Å². The van der Waals surface area contributed by atoms with Crippen LogP contribution in [0.2, 0.25) is 0 Å². The molecule has 0 aliphatic heterocycles. The summed E-state index contributed by atoms with van der Waals surface area (Å²) in [5.41, 5.74) is 1.26. The molecule has 0 bridgehead atoms. The summed E-state index contributed by atoms with van der Waals surface area (Å²) in [5, 5.41) is 0. The van der Waals surface area contributed by atoms with Gasteiger partial charge in [-0.3, -0.25) is 4.79 Å². The summed E-state index contributed by atoms with van der Waals surface area (Å²) in [5.74, 6) is -0.261. The average molecular weight is 310 g/mol. The molecule has 1 aromatic carbocycles. The standard InChI is InChI=1S/C17H14N2O4/c1-22-13-7-5-12(6-8-13)15(20)11-23-17(21)14-10-19-9-3-2-4-16(19)18-14/h2-10H,11H2,1H3. The highest BCUT2D eigenvalue weighted by molar-refractivity contribution is 5.99. The van der Waals surface area contributed by atoms with Crippen molar-refractivity contribution in [2.45, 2.75) is 0 Å². The predicted molar refractivity (Wildman–Crippen MR) is 82.8 cm³/mol. The number of pyridine rings is 1. The van der Waals surface area contributed by atoms with E-state index in [9.17, 15) is 9.59 Å². The van der Waals surface area contributed by atoms with Gasteiger partial charge in [-0.2, -0.15) is 0 Å². The molecule has 6 heteroatoms. The number of methoxy groups -OCH3 is 1. The van der Waals surface area contributed by atoms with Gasteiger partial charge >= 0.3 is 5.97 Å². The molecule has 0 amide bonds. The SMILES string of the molecule is COc1ccc(C(=O)COC(=O)c2cn3ccccc3n2)cc1. The van der Waals surface area contributed by atoms with Gasteiger partial charge in [0.25, 0.3) is 0 Å². The van der Waals surface area contributed by atoms with E-state index in [0.717, 1.165) is 0 Å². The van der Waals surface area contributed by atoms with Crippen molar-refractivity contribution in [3.05, 3.63) is 66.1 Å². The Hall–Kier alpha value is -3.15. The number of fused-ring (bicyclic) bond motifs is 1. The molecule has 0 saturated carbocycles. The number of hydrogen-bond donors (Lipinski definition) is 0. The summed E-state index contributed by atoms with van der Waals surface area (Å²) in [7, 11) is 1.55. The average Bonchev–Trinajstić information content (AvgIpc) is 3.03. The molecule has 116 valence electrons. The molecule has 23 heavy (non-hydrogen) atoms. The van der Waals surface area contributed by atoms with E-state index in [0.29, 0.717) is 17.0 Å². The minimum absolute atomic E-state index is 0.165. The molecule has 0 unspecified atom stereocenters. The minimum Gasteiger partial charge on any atom is -0.497 e. The fourth-order valence-corrected chi connectivity index (χ4v) is 2.10. The van der Waals surface area contributed by atoms with Gasteiger partial charge in [-0.1, -0.05) is 6.07 Å². The first kappa shape index (κ1) is 14.8. The molecule has 2 aromatic heterocycles. The first-order valence-corrected chi connectivity index (χ1v) is 6.95. The van der Waals surface area contributed by atoms with Crippen molar-refractivity contribution in [1.82, 2.24) is 9.38 Å². The Morgan fingerprint density at radius 3 is 2.61 bits per heavy atom. The quantitative estimate of drug-likeness (QED) is 0.534. The van der Waals surface area contributed by atoms with Crippen molar-refractivity contribution >= 4 is 17.4 Å². The fourth-order valence-electron chi connectivity index (χ4n) is 2.10. The van der Waals surface area contributed by atoms with Crippen LogP contribution in [0.5, 0.6) is 5.75 Å². The summed E-state index contributed by atoms with van der Waals surface area (Å²) in [6, 6.07) is 12.0. The smallest absolute Gasteiger partial charge is 0.359 e. The van der Waals surface area contributed by atoms with E-state index in [2.05, 4.69) is 4.98 Å². The van der Waals surface area contributed by atoms with E-state index in [-0.39, 0.29) is 18.1 Å². The van der Waals surface area contributed by atoms with Gasteiger partial charge in [0.2, 0.25) is 0 Å². The molecule has 3 rings (SSSR count). The van der Waals surface area contributed by atoms with Gasteiger partial charge in [0.1, 0.15) is 11.4 Å². The van der Waals surface area contributed by atoms with Crippen LogP contribution in [0, 0.1) is 0 Å². The largest absolute Gasteiger partial charge is 0.497 e. The Balaban J connectivity index is 1.64. The Labute approximate surface area is 132 Å². The van der Waals surface area contributed by atoms with Crippen molar-refractivity contribution < 1.29 is 19.1 Å². The number of hydrogen-bond acceptors (Lipinski definition) is 5. The molecule has 3 aromatic rings. The van der Waals surface area contributed by atoms with Crippen molar-refractivity contribution in [3.63, 3.8) is 0 Å². The van der Waals surface area contributed by atoms with Gasteiger partial charge < -0.3 is 13.9 Å². The monoisotopic (exact) mass is 310 g/mol. The number of carbonyl (C=O) groups excluding carboxylic acids is 2. The van der Waals surface area contributed by atoms with Crippen LogP contribution in [0.3, 0.4) is 0 Å². The zero-order valence-electron chi connectivity index (χ0n) is 12.4. The van der Waals surface area contributed by atoms with Gasteiger partial charge in [0.15, 0.2) is 18.1 Å². The van der Waals surface area contributed by atoms with Crippen molar-refractivity contribution in [1.29, 1.82) is 0 Å². The lowest BCUT2D eigenvalue weighted by Gasteiger charge is -2.04. The van der Waals surface area contributed by atoms with E-state index < -0.39 is 5.97 Å². The highest BCUT2D eigenvalue weighted by Crippen LogP contribution is 2.12. The summed E-state index contributed by atoms with van der Waals surface area (Å²) >= 11 is 0. The zero-order chi connectivity index (χ0) is 16.2. The molecular weight excluding hydrogens is 296 g/mol. The topological polar surface area (TPSA) is 69.9 Å². The highest BCUT2D eigenvalue weighted by atomic mass is 16.5. The van der Waals surface area contributed by atoms with Crippen molar-refractivity contribution in [2.24, 2.45) is 0 Å². The molecule has 6 nitrogen and oxygen atoms in total. The van der Waals surface area contributed by atoms with Gasteiger partial charge in [0.05, 0.1) is 7.11 Å². The van der Waals surface area contributed by atoms with Crippen LogP contribution < -0.4 is 4.74 Å². The van der Waals surface area contributed by atoms with Crippen LogP contribution in [0.1, 0.15) is 20.8 Å². The third-order valence-corrected chi connectivity index (χ3v) is 3.32. The second-order valence-corrected chi connectivity index (χ2v) is 4.82. The number of carbonyl (C=O) groups is 2. The Kier molecular flexibility index (Phi) is 4.05. The molecule has 0 N–H and O–H groups in total. The number of ether oxygens (including phenoxy) is 2. The second-order valence-electron chi connectivity index (χ2n) is 4.82. The first-order chi connectivity index (χ1) is 11.2. The molecule has 0 aliphatic carbocycles. The minimum atomic E-state index is -0.629. The summed E-state index contributed by atoms with van der Waals surface area (Å²) in [6.07, 6.45) is 3.34. The summed E-state index contributed by atoms with van der Waals surface area (Å²) in [4.78, 5) is 28.1. The van der Waals surface area contributed by atoms with Crippen LogP contribution in [0.15, 0.2) is 54.9 Å². The maximum atomic E-state index is 12.0. The Bertz CT molecular complexity index is 819. The molecule has 0 spiro atoms. The number of esters is 1. The first-order valence-electron chi connectivity index (χ1n) is 6.95. The van der Waals surface area contributed by atoms with Crippen molar-refractivity contribution in [2.75, 3.05) is 13.7 Å². The van der Waals surface area contributed by atoms with Crippen LogP contribution in [0.4, 0.5) is 0 Å². The summed E-state index contributed by atoms with van der Waals surface area (Å²) in [6.45, 7) is -0.334. The number of rotatable bonds is 5. The highest BCUT2D eigenvalue weighted by Gasteiger charge is 2.15. The fraction of sp³-hybridized carbons (Fsp3) is 0.118. The molecular formula is C17H14N2O4. The second kappa shape index (κ2) is 6.31. The van der Waals surface area contributed by atoms with Gasteiger partial charge in [-0.05, 0) is 36.4 Å². The van der Waals surface area contributed by atoms with E-state index in [1.807, 2.05) is 12.1 Å². The number of nitrogens with zero attached hydrogens (tertiary/aromatic N) is 2. The van der Waals surface area contributed by atoms with Gasteiger partial charge in [-0.15, -0.1) is 0 Å². The van der Waals surface area contributed by atoms with Crippen LogP contribution >= 0.6 is 0 Å². The lowest BCUT2D eigenvalue weighted by Crippen LogP contribution is -2.14. The van der Waals surface area contributed by atoms with E-state index in [1.54, 1.807) is 54.2 Å². The molecule has 0 aliphatic rings. The van der Waals surface area contributed by atoms with Gasteiger partial charge in [0, 0.05) is 18.0 Å². The number of imidazole rings is 1. The predicted octanol–water partition coefficient (Wildman–Crippen LogP) is 2.38. The number of benzene rings is 1. The lowest BCUT2D eigenvalue weighted by molar-refractivity contribution is 0.0469.